The number of esters is 1. The smallest absolute Gasteiger partial charge is 0.308 e. The van der Waals surface area contributed by atoms with Crippen molar-refractivity contribution < 1.29 is 18.7 Å². The van der Waals surface area contributed by atoms with Crippen molar-refractivity contribution in [2.24, 2.45) is 0 Å². The number of nitrogens with one attached hydrogen (secondary N) is 1. The third-order valence-electron chi connectivity index (χ3n) is 4.79. The molecule has 7 heteroatoms. The first-order chi connectivity index (χ1) is 14.5. The standard InChI is InChI=1S/C23H19FN2O4/c1-13(27)30-21-11-17-19(12-20(21)29-2)25-22(26-23(17)28)15-8-9-16(18(24)10-15)14-6-4-3-5-7-14/h4,6-12H,3,5H2,1-2H3,(H,25,26,28). The SMILES string of the molecule is COc1cc2nc(-c3ccc(C4=CCCC=C4)c(F)c3)[nH]c(=O)c2cc1OC(C)=O. The number of halogens is 1. The molecule has 0 saturated heterocycles. The van der Waals surface area contributed by atoms with Gasteiger partial charge < -0.3 is 14.5 Å². The highest BCUT2D eigenvalue weighted by atomic mass is 19.1. The van der Waals surface area contributed by atoms with Crippen molar-refractivity contribution in [2.45, 2.75) is 19.8 Å². The molecule has 0 radical (unpaired) electrons. The van der Waals surface area contributed by atoms with Gasteiger partial charge in [-0.1, -0.05) is 30.4 Å². The number of rotatable bonds is 4. The Labute approximate surface area is 171 Å². The zero-order chi connectivity index (χ0) is 21.3. The second kappa shape index (κ2) is 7.94. The molecule has 152 valence electrons. The highest BCUT2D eigenvalue weighted by Gasteiger charge is 2.15. The van der Waals surface area contributed by atoms with Crippen LogP contribution >= 0.6 is 0 Å². The number of H-pyrrole nitrogens is 1. The Bertz CT molecular complexity index is 1270. The topological polar surface area (TPSA) is 81.3 Å². The van der Waals surface area contributed by atoms with Gasteiger partial charge in [0.1, 0.15) is 11.6 Å². The fourth-order valence-corrected chi connectivity index (χ4v) is 3.39. The van der Waals surface area contributed by atoms with Crippen LogP contribution in [-0.4, -0.2) is 23.0 Å². The first kappa shape index (κ1) is 19.6. The number of hydrogen-bond donors (Lipinski definition) is 1. The number of fused-ring (bicyclic) bond motifs is 1. The summed E-state index contributed by atoms with van der Waals surface area (Å²) in [6, 6.07) is 7.66. The number of ether oxygens (including phenoxy) is 2. The van der Waals surface area contributed by atoms with Crippen LogP contribution in [0.5, 0.6) is 11.5 Å². The summed E-state index contributed by atoms with van der Waals surface area (Å²) >= 11 is 0. The monoisotopic (exact) mass is 406 g/mol. The van der Waals surface area contributed by atoms with Crippen molar-refractivity contribution in [3.63, 3.8) is 0 Å². The maximum absolute atomic E-state index is 14.8. The molecule has 0 spiro atoms. The lowest BCUT2D eigenvalue weighted by Crippen LogP contribution is -2.11. The van der Waals surface area contributed by atoms with Gasteiger partial charge in [-0.3, -0.25) is 9.59 Å². The number of methoxy groups -OCH3 is 1. The average Bonchev–Trinajstić information content (AvgIpc) is 2.73. The van der Waals surface area contributed by atoms with Gasteiger partial charge in [-0.2, -0.15) is 0 Å². The molecule has 0 bridgehead atoms. The van der Waals surface area contributed by atoms with Gasteiger partial charge in [-0.25, -0.2) is 9.37 Å². The van der Waals surface area contributed by atoms with Crippen molar-refractivity contribution in [1.29, 1.82) is 0 Å². The second-order valence-electron chi connectivity index (χ2n) is 6.86. The predicted octanol–water partition coefficient (Wildman–Crippen LogP) is 4.40. The summed E-state index contributed by atoms with van der Waals surface area (Å²) in [7, 11) is 1.42. The van der Waals surface area contributed by atoms with E-state index in [9.17, 15) is 14.0 Å². The van der Waals surface area contributed by atoms with E-state index in [1.165, 1.54) is 32.2 Å². The number of carbonyl (C=O) groups excluding carboxylic acids is 1. The minimum absolute atomic E-state index is 0.127. The molecule has 0 fully saturated rings. The number of nitrogens with zero attached hydrogens (tertiary/aromatic N) is 1. The van der Waals surface area contributed by atoms with Crippen molar-refractivity contribution in [3.05, 3.63) is 70.3 Å². The van der Waals surface area contributed by atoms with Crippen LogP contribution in [0.4, 0.5) is 4.39 Å². The maximum Gasteiger partial charge on any atom is 0.308 e. The zero-order valence-electron chi connectivity index (χ0n) is 16.5. The Morgan fingerprint density at radius 3 is 2.67 bits per heavy atom. The molecule has 4 rings (SSSR count). The van der Waals surface area contributed by atoms with Crippen molar-refractivity contribution in [3.8, 4) is 22.9 Å². The molecule has 0 atom stereocenters. The summed E-state index contributed by atoms with van der Waals surface area (Å²) in [5.41, 5.74) is 1.69. The van der Waals surface area contributed by atoms with Gasteiger partial charge >= 0.3 is 5.97 Å². The summed E-state index contributed by atoms with van der Waals surface area (Å²) < 4.78 is 25.1. The zero-order valence-corrected chi connectivity index (χ0v) is 16.5. The van der Waals surface area contributed by atoms with Crippen LogP contribution < -0.4 is 15.0 Å². The van der Waals surface area contributed by atoms with Crippen molar-refractivity contribution in [1.82, 2.24) is 9.97 Å². The average molecular weight is 406 g/mol. The highest BCUT2D eigenvalue weighted by Crippen LogP contribution is 2.32. The van der Waals surface area contributed by atoms with E-state index >= 15 is 0 Å². The summed E-state index contributed by atoms with van der Waals surface area (Å²) in [4.78, 5) is 31.0. The molecule has 0 amide bonds. The molecule has 3 aromatic rings. The molecule has 30 heavy (non-hydrogen) atoms. The number of benzene rings is 2. The van der Waals surface area contributed by atoms with Crippen LogP contribution in [0, 0.1) is 5.82 Å². The molecule has 1 aliphatic carbocycles. The molecule has 0 unspecified atom stereocenters. The van der Waals surface area contributed by atoms with Crippen LogP contribution in [0.2, 0.25) is 0 Å². The summed E-state index contributed by atoms with van der Waals surface area (Å²) in [5, 5.41) is 0.227. The summed E-state index contributed by atoms with van der Waals surface area (Å²) in [6.45, 7) is 1.26. The molecule has 1 heterocycles. The molecule has 1 aliphatic rings. The third-order valence-corrected chi connectivity index (χ3v) is 4.79. The lowest BCUT2D eigenvalue weighted by molar-refractivity contribution is -0.132. The van der Waals surface area contributed by atoms with E-state index in [4.69, 9.17) is 9.47 Å². The molecule has 0 aliphatic heterocycles. The Kier molecular flexibility index (Phi) is 5.18. The first-order valence-electron chi connectivity index (χ1n) is 9.43. The number of carbonyl (C=O) groups is 1. The maximum atomic E-state index is 14.8. The third kappa shape index (κ3) is 3.74. The number of allylic oxidation sites excluding steroid dienone is 4. The van der Waals surface area contributed by atoms with E-state index in [1.54, 1.807) is 12.1 Å². The van der Waals surface area contributed by atoms with E-state index in [0.717, 1.165) is 18.4 Å². The molecule has 2 aromatic carbocycles. The molecular formula is C23H19FN2O4. The molecule has 1 aromatic heterocycles. The Morgan fingerprint density at radius 2 is 2.00 bits per heavy atom. The molecular weight excluding hydrogens is 387 g/mol. The first-order valence-corrected chi connectivity index (χ1v) is 9.43. The normalized spacial score (nSPS) is 13.2. The summed E-state index contributed by atoms with van der Waals surface area (Å²) in [6.07, 6.45) is 7.76. The fraction of sp³-hybridized carbons (Fsp3) is 0.174. The van der Waals surface area contributed by atoms with Gasteiger partial charge in [-0.15, -0.1) is 0 Å². The Hall–Kier alpha value is -3.74. The largest absolute Gasteiger partial charge is 0.493 e. The van der Waals surface area contributed by atoms with Gasteiger partial charge in [-0.05, 0) is 30.5 Å². The van der Waals surface area contributed by atoms with Crippen LogP contribution in [0.3, 0.4) is 0 Å². The van der Waals surface area contributed by atoms with Crippen LogP contribution in [0.15, 0.2) is 53.4 Å². The van der Waals surface area contributed by atoms with Gasteiger partial charge in [0.2, 0.25) is 0 Å². The minimum Gasteiger partial charge on any atom is -0.493 e. The predicted molar refractivity (Wildman–Crippen MR) is 112 cm³/mol. The number of hydrogen-bond acceptors (Lipinski definition) is 5. The quantitative estimate of drug-likeness (QED) is 0.513. The van der Waals surface area contributed by atoms with E-state index in [1.807, 2.05) is 18.2 Å². The van der Waals surface area contributed by atoms with E-state index in [2.05, 4.69) is 9.97 Å². The molecule has 6 nitrogen and oxygen atoms in total. The van der Waals surface area contributed by atoms with Gasteiger partial charge in [0.25, 0.3) is 5.56 Å². The lowest BCUT2D eigenvalue weighted by Gasteiger charge is -2.11. The molecule has 1 N–H and O–H groups in total. The van der Waals surface area contributed by atoms with Crippen LogP contribution in [0.25, 0.3) is 27.9 Å². The number of aromatic nitrogens is 2. The van der Waals surface area contributed by atoms with Gasteiger partial charge in [0.15, 0.2) is 11.5 Å². The van der Waals surface area contributed by atoms with Crippen LogP contribution in [0.1, 0.15) is 25.3 Å². The van der Waals surface area contributed by atoms with E-state index < -0.39 is 17.3 Å². The lowest BCUT2D eigenvalue weighted by atomic mass is 9.98. The van der Waals surface area contributed by atoms with Gasteiger partial charge in [0, 0.05) is 24.1 Å². The van der Waals surface area contributed by atoms with Crippen molar-refractivity contribution >= 4 is 22.4 Å². The second-order valence-corrected chi connectivity index (χ2v) is 6.86. The fourth-order valence-electron chi connectivity index (χ4n) is 3.39. The Morgan fingerprint density at radius 1 is 1.17 bits per heavy atom. The van der Waals surface area contributed by atoms with Crippen molar-refractivity contribution in [2.75, 3.05) is 7.11 Å². The summed E-state index contributed by atoms with van der Waals surface area (Å²) in [5.74, 6) is -0.308. The minimum atomic E-state index is -0.535. The molecule has 0 saturated carbocycles. The van der Waals surface area contributed by atoms with E-state index in [-0.39, 0.29) is 22.7 Å². The van der Waals surface area contributed by atoms with E-state index in [0.29, 0.717) is 16.6 Å². The highest BCUT2D eigenvalue weighted by molar-refractivity contribution is 5.85. The van der Waals surface area contributed by atoms with Crippen LogP contribution in [-0.2, 0) is 4.79 Å². The van der Waals surface area contributed by atoms with Gasteiger partial charge in [0.05, 0.1) is 18.0 Å². The number of aromatic amines is 1. The Balaban J connectivity index is 1.79.